The van der Waals surface area contributed by atoms with Crippen molar-refractivity contribution < 1.29 is 14.0 Å². The second-order valence-electron chi connectivity index (χ2n) is 6.05. The lowest BCUT2D eigenvalue weighted by Crippen LogP contribution is -2.45. The molecular weight excluding hydrogens is 342 g/mol. The number of carbonyl (C=O) groups is 2. The molecular formula is C16H21N5O3S. The van der Waals surface area contributed by atoms with Crippen LogP contribution in [0.5, 0.6) is 0 Å². The fourth-order valence-electron chi connectivity index (χ4n) is 2.75. The summed E-state index contributed by atoms with van der Waals surface area (Å²) in [6.45, 7) is 1.73. The summed E-state index contributed by atoms with van der Waals surface area (Å²) in [6.07, 6.45) is 5.75. The largest absolute Gasteiger partial charge is 0.461 e. The third kappa shape index (κ3) is 4.22. The van der Waals surface area contributed by atoms with E-state index in [-0.39, 0.29) is 11.9 Å². The van der Waals surface area contributed by atoms with Gasteiger partial charge in [-0.15, -0.1) is 10.2 Å². The fourth-order valence-corrected chi connectivity index (χ4v) is 3.57. The van der Waals surface area contributed by atoms with E-state index < -0.39 is 11.3 Å². The van der Waals surface area contributed by atoms with Crippen LogP contribution in [-0.4, -0.2) is 38.0 Å². The summed E-state index contributed by atoms with van der Waals surface area (Å²) in [5.74, 6) is 0.831. The zero-order valence-electron chi connectivity index (χ0n) is 14.2. The monoisotopic (exact) mass is 363 g/mol. The van der Waals surface area contributed by atoms with Gasteiger partial charge < -0.3 is 14.3 Å². The van der Waals surface area contributed by atoms with Crippen LogP contribution in [0.15, 0.2) is 28.0 Å². The summed E-state index contributed by atoms with van der Waals surface area (Å²) in [7, 11) is 1.80. The standard InChI is InChI=1S/C16H21N5O3S/c1-10(14(22)18-15(23)17-11-6-3-4-7-11)25-16-20-19-13(21(16)2)12-8-5-9-24-12/h5,8-11H,3-4,6-7H2,1-2H3,(H2,17,18,22,23)/t10-/m0/s1. The first-order valence-corrected chi connectivity index (χ1v) is 9.14. The minimum Gasteiger partial charge on any atom is -0.461 e. The van der Waals surface area contributed by atoms with Gasteiger partial charge in [0.05, 0.1) is 11.5 Å². The average molecular weight is 363 g/mol. The smallest absolute Gasteiger partial charge is 0.321 e. The lowest BCUT2D eigenvalue weighted by molar-refractivity contribution is -0.119. The maximum atomic E-state index is 12.2. The van der Waals surface area contributed by atoms with Crippen molar-refractivity contribution in [1.82, 2.24) is 25.4 Å². The van der Waals surface area contributed by atoms with Gasteiger partial charge in [0.1, 0.15) is 0 Å². The molecule has 1 aliphatic carbocycles. The van der Waals surface area contributed by atoms with Crippen molar-refractivity contribution in [1.29, 1.82) is 0 Å². The summed E-state index contributed by atoms with van der Waals surface area (Å²) in [5.41, 5.74) is 0. The molecule has 1 atom stereocenters. The molecule has 134 valence electrons. The van der Waals surface area contributed by atoms with Crippen LogP contribution in [0.3, 0.4) is 0 Å². The van der Waals surface area contributed by atoms with Crippen molar-refractivity contribution >= 4 is 23.7 Å². The highest BCUT2D eigenvalue weighted by Crippen LogP contribution is 2.25. The second kappa shape index (κ2) is 7.73. The number of nitrogens with one attached hydrogen (secondary N) is 2. The zero-order chi connectivity index (χ0) is 17.8. The molecule has 1 fully saturated rings. The molecule has 0 aromatic carbocycles. The zero-order valence-corrected chi connectivity index (χ0v) is 15.0. The summed E-state index contributed by atoms with van der Waals surface area (Å²) in [6, 6.07) is 3.31. The highest BCUT2D eigenvalue weighted by Gasteiger charge is 2.23. The summed E-state index contributed by atoms with van der Waals surface area (Å²) in [4.78, 5) is 24.1. The Morgan fingerprint density at radius 2 is 2.12 bits per heavy atom. The molecule has 0 saturated heterocycles. The van der Waals surface area contributed by atoms with Crippen molar-refractivity contribution in [2.45, 2.75) is 49.1 Å². The lowest BCUT2D eigenvalue weighted by Gasteiger charge is -2.14. The predicted molar refractivity (Wildman–Crippen MR) is 93.0 cm³/mol. The SMILES string of the molecule is C[C@H](Sc1nnc(-c2ccco2)n1C)C(=O)NC(=O)NC1CCCC1. The number of aromatic nitrogens is 3. The minimum atomic E-state index is -0.485. The Morgan fingerprint density at radius 1 is 1.36 bits per heavy atom. The van der Waals surface area contributed by atoms with Gasteiger partial charge in [-0.2, -0.15) is 0 Å². The molecule has 2 N–H and O–H groups in total. The van der Waals surface area contributed by atoms with Crippen LogP contribution in [0, 0.1) is 0 Å². The van der Waals surface area contributed by atoms with E-state index in [2.05, 4.69) is 20.8 Å². The molecule has 8 nitrogen and oxygen atoms in total. The van der Waals surface area contributed by atoms with Gasteiger partial charge in [-0.25, -0.2) is 4.79 Å². The van der Waals surface area contributed by atoms with Crippen LogP contribution >= 0.6 is 11.8 Å². The minimum absolute atomic E-state index is 0.172. The molecule has 0 aliphatic heterocycles. The van der Waals surface area contributed by atoms with Crippen molar-refractivity contribution in [2.75, 3.05) is 0 Å². The summed E-state index contributed by atoms with van der Waals surface area (Å²) >= 11 is 1.24. The molecule has 0 bridgehead atoms. The molecule has 2 aromatic rings. The number of thioether (sulfide) groups is 1. The van der Waals surface area contributed by atoms with Gasteiger partial charge in [-0.05, 0) is 31.9 Å². The lowest BCUT2D eigenvalue weighted by atomic mass is 10.2. The van der Waals surface area contributed by atoms with Crippen molar-refractivity contribution in [3.63, 3.8) is 0 Å². The number of amides is 3. The molecule has 9 heteroatoms. The Labute approximate surface area is 149 Å². The van der Waals surface area contributed by atoms with Gasteiger partial charge in [-0.3, -0.25) is 10.1 Å². The molecule has 1 saturated carbocycles. The first kappa shape index (κ1) is 17.5. The van der Waals surface area contributed by atoms with E-state index in [0.717, 1.165) is 25.7 Å². The molecule has 0 radical (unpaired) electrons. The Hall–Kier alpha value is -2.29. The van der Waals surface area contributed by atoms with Gasteiger partial charge in [0, 0.05) is 13.1 Å². The first-order chi connectivity index (χ1) is 12.0. The maximum absolute atomic E-state index is 12.2. The van der Waals surface area contributed by atoms with Gasteiger partial charge in [0.25, 0.3) is 0 Å². The number of furan rings is 1. The van der Waals surface area contributed by atoms with Gasteiger partial charge in [-0.1, -0.05) is 24.6 Å². The highest BCUT2D eigenvalue weighted by atomic mass is 32.2. The molecule has 0 spiro atoms. The number of nitrogens with zero attached hydrogens (tertiary/aromatic N) is 3. The summed E-state index contributed by atoms with van der Waals surface area (Å²) < 4.78 is 7.07. The van der Waals surface area contributed by atoms with E-state index >= 15 is 0 Å². The highest BCUT2D eigenvalue weighted by molar-refractivity contribution is 8.00. The van der Waals surface area contributed by atoms with Gasteiger partial charge in [0.15, 0.2) is 16.7 Å². The van der Waals surface area contributed by atoms with Crippen LogP contribution in [0.25, 0.3) is 11.6 Å². The normalized spacial score (nSPS) is 15.9. The van der Waals surface area contributed by atoms with Crippen LogP contribution < -0.4 is 10.6 Å². The van der Waals surface area contributed by atoms with E-state index in [4.69, 9.17) is 4.42 Å². The van der Waals surface area contributed by atoms with Crippen LogP contribution in [0.4, 0.5) is 4.79 Å². The van der Waals surface area contributed by atoms with E-state index in [1.165, 1.54) is 11.8 Å². The van der Waals surface area contributed by atoms with E-state index in [9.17, 15) is 9.59 Å². The number of rotatable bonds is 5. The molecule has 2 aromatic heterocycles. The van der Waals surface area contributed by atoms with Gasteiger partial charge in [0.2, 0.25) is 5.91 Å². The first-order valence-electron chi connectivity index (χ1n) is 8.26. The quantitative estimate of drug-likeness (QED) is 0.791. The Kier molecular flexibility index (Phi) is 5.42. The van der Waals surface area contributed by atoms with E-state index in [1.54, 1.807) is 36.9 Å². The van der Waals surface area contributed by atoms with E-state index in [0.29, 0.717) is 16.7 Å². The predicted octanol–water partition coefficient (Wildman–Crippen LogP) is 2.32. The number of imide groups is 1. The molecule has 3 rings (SSSR count). The Morgan fingerprint density at radius 3 is 2.80 bits per heavy atom. The van der Waals surface area contributed by atoms with Crippen LogP contribution in [-0.2, 0) is 11.8 Å². The third-order valence-electron chi connectivity index (χ3n) is 4.15. The van der Waals surface area contributed by atoms with Gasteiger partial charge >= 0.3 is 6.03 Å². The molecule has 0 unspecified atom stereocenters. The van der Waals surface area contributed by atoms with Crippen molar-refractivity contribution in [3.05, 3.63) is 18.4 Å². The molecule has 1 aliphatic rings. The third-order valence-corrected chi connectivity index (χ3v) is 5.29. The van der Waals surface area contributed by atoms with Crippen molar-refractivity contribution in [2.24, 2.45) is 7.05 Å². The van der Waals surface area contributed by atoms with E-state index in [1.807, 2.05) is 0 Å². The second-order valence-corrected chi connectivity index (χ2v) is 7.35. The number of hydrogen-bond acceptors (Lipinski definition) is 6. The van der Waals surface area contributed by atoms with Crippen molar-refractivity contribution in [3.8, 4) is 11.6 Å². The maximum Gasteiger partial charge on any atom is 0.321 e. The Balaban J connectivity index is 1.55. The Bertz CT molecular complexity index is 737. The van der Waals surface area contributed by atoms with Crippen LogP contribution in [0.1, 0.15) is 32.6 Å². The summed E-state index contributed by atoms with van der Waals surface area (Å²) in [5, 5.41) is 13.5. The molecule has 2 heterocycles. The molecule has 25 heavy (non-hydrogen) atoms. The average Bonchev–Trinajstić information content (AvgIpc) is 3.31. The topological polar surface area (TPSA) is 102 Å². The van der Waals surface area contributed by atoms with Crippen LogP contribution in [0.2, 0.25) is 0 Å². The number of urea groups is 1. The number of carbonyl (C=O) groups excluding carboxylic acids is 2. The number of hydrogen-bond donors (Lipinski definition) is 2. The fraction of sp³-hybridized carbons (Fsp3) is 0.500. The molecule has 3 amide bonds.